The zero-order valence-corrected chi connectivity index (χ0v) is 13.6. The molecular formula is C18H25N3O. The molecule has 1 aliphatic carbocycles. The van der Waals surface area contributed by atoms with Crippen molar-refractivity contribution in [2.45, 2.75) is 45.4 Å². The molecule has 1 saturated carbocycles. The van der Waals surface area contributed by atoms with Crippen molar-refractivity contribution in [3.8, 4) is 0 Å². The van der Waals surface area contributed by atoms with Crippen LogP contribution in [0.1, 0.15) is 54.4 Å². The summed E-state index contributed by atoms with van der Waals surface area (Å²) < 4.78 is 1.98. The molecule has 1 aliphatic rings. The molecule has 3 rings (SSSR count). The summed E-state index contributed by atoms with van der Waals surface area (Å²) in [6.07, 6.45) is 13.4. The van der Waals surface area contributed by atoms with Crippen LogP contribution in [-0.4, -0.2) is 22.0 Å². The quantitative estimate of drug-likeness (QED) is 0.881. The summed E-state index contributed by atoms with van der Waals surface area (Å²) in [4.78, 5) is 16.8. The molecule has 2 aromatic heterocycles. The van der Waals surface area contributed by atoms with E-state index < -0.39 is 0 Å². The van der Waals surface area contributed by atoms with Gasteiger partial charge in [0.1, 0.15) is 0 Å². The van der Waals surface area contributed by atoms with Crippen LogP contribution in [-0.2, 0) is 7.05 Å². The third kappa shape index (κ3) is 3.01. The third-order valence-corrected chi connectivity index (χ3v) is 4.86. The van der Waals surface area contributed by atoms with Crippen LogP contribution in [0.2, 0.25) is 0 Å². The van der Waals surface area contributed by atoms with Crippen molar-refractivity contribution in [1.82, 2.24) is 14.9 Å². The molecule has 1 fully saturated rings. The summed E-state index contributed by atoms with van der Waals surface area (Å²) in [5.74, 6) is 0.688. The maximum absolute atomic E-state index is 12.6. The highest BCUT2D eigenvalue weighted by molar-refractivity contribution is 6.07. The summed E-state index contributed by atoms with van der Waals surface area (Å²) in [6, 6.07) is 0. The summed E-state index contributed by atoms with van der Waals surface area (Å²) in [5, 5.41) is 4.18. The van der Waals surface area contributed by atoms with E-state index in [0.29, 0.717) is 5.92 Å². The molecule has 2 heterocycles. The second-order valence-electron chi connectivity index (χ2n) is 6.57. The topological polar surface area (TPSA) is 46.9 Å². The predicted molar refractivity (Wildman–Crippen MR) is 89.0 cm³/mol. The van der Waals surface area contributed by atoms with Gasteiger partial charge in [-0.3, -0.25) is 9.78 Å². The van der Waals surface area contributed by atoms with E-state index in [4.69, 9.17) is 0 Å². The Hall–Kier alpha value is -1.84. The Balaban J connectivity index is 1.75. The number of aryl methyl sites for hydroxylation is 2. The second kappa shape index (κ2) is 6.51. The smallest absolute Gasteiger partial charge is 0.253 e. The van der Waals surface area contributed by atoms with E-state index in [-0.39, 0.29) is 5.91 Å². The maximum Gasteiger partial charge on any atom is 0.253 e. The van der Waals surface area contributed by atoms with Crippen molar-refractivity contribution in [1.29, 1.82) is 0 Å². The van der Waals surface area contributed by atoms with Gasteiger partial charge in [-0.2, -0.15) is 0 Å². The van der Waals surface area contributed by atoms with E-state index in [1.54, 1.807) is 0 Å². The molecule has 0 aromatic carbocycles. The fourth-order valence-corrected chi connectivity index (χ4v) is 3.57. The van der Waals surface area contributed by atoms with Gasteiger partial charge in [0.15, 0.2) is 0 Å². The van der Waals surface area contributed by atoms with Gasteiger partial charge in [0.05, 0.1) is 17.3 Å². The van der Waals surface area contributed by atoms with E-state index in [0.717, 1.165) is 28.6 Å². The molecule has 1 N–H and O–H groups in total. The number of rotatable bonds is 3. The molecule has 0 saturated heterocycles. The normalized spacial score (nSPS) is 16.6. The monoisotopic (exact) mass is 299 g/mol. The van der Waals surface area contributed by atoms with Gasteiger partial charge in [0.25, 0.3) is 5.91 Å². The average molecular weight is 299 g/mol. The second-order valence-corrected chi connectivity index (χ2v) is 6.57. The Bertz CT molecular complexity index is 666. The van der Waals surface area contributed by atoms with Gasteiger partial charge in [-0.25, -0.2) is 0 Å². The zero-order chi connectivity index (χ0) is 15.5. The lowest BCUT2D eigenvalue weighted by atomic mass is 10.0. The largest absolute Gasteiger partial charge is 0.352 e. The fourth-order valence-electron chi connectivity index (χ4n) is 3.57. The molecule has 0 atom stereocenters. The van der Waals surface area contributed by atoms with Crippen LogP contribution in [0.3, 0.4) is 0 Å². The van der Waals surface area contributed by atoms with Crippen LogP contribution in [0.25, 0.3) is 10.9 Å². The van der Waals surface area contributed by atoms with E-state index in [1.165, 1.54) is 38.5 Å². The van der Waals surface area contributed by atoms with Crippen molar-refractivity contribution in [2.24, 2.45) is 13.0 Å². The van der Waals surface area contributed by atoms with Crippen LogP contribution in [0.15, 0.2) is 18.6 Å². The average Bonchev–Trinajstić information content (AvgIpc) is 2.70. The first-order valence-corrected chi connectivity index (χ1v) is 8.34. The molecular weight excluding hydrogens is 274 g/mol. The van der Waals surface area contributed by atoms with Gasteiger partial charge in [-0.15, -0.1) is 0 Å². The lowest BCUT2D eigenvalue weighted by Gasteiger charge is -2.14. The third-order valence-electron chi connectivity index (χ3n) is 4.86. The van der Waals surface area contributed by atoms with Crippen LogP contribution in [0.4, 0.5) is 0 Å². The Morgan fingerprint density at radius 1 is 1.27 bits per heavy atom. The number of carbonyl (C=O) groups excluding carboxylic acids is 1. The molecule has 0 spiro atoms. The molecule has 118 valence electrons. The minimum absolute atomic E-state index is 0.0455. The van der Waals surface area contributed by atoms with E-state index >= 15 is 0 Å². The summed E-state index contributed by atoms with van der Waals surface area (Å²) >= 11 is 0. The van der Waals surface area contributed by atoms with Gasteiger partial charge in [0, 0.05) is 31.4 Å². The van der Waals surface area contributed by atoms with Gasteiger partial charge >= 0.3 is 0 Å². The highest BCUT2D eigenvalue weighted by atomic mass is 16.1. The number of fused-ring (bicyclic) bond motifs is 1. The molecule has 2 aromatic rings. The molecule has 0 unspecified atom stereocenters. The van der Waals surface area contributed by atoms with Gasteiger partial charge < -0.3 is 9.88 Å². The van der Waals surface area contributed by atoms with Crippen LogP contribution in [0.5, 0.6) is 0 Å². The number of pyridine rings is 1. The number of hydrogen-bond acceptors (Lipinski definition) is 2. The van der Waals surface area contributed by atoms with Crippen molar-refractivity contribution >= 4 is 16.8 Å². The number of nitrogens with zero attached hydrogens (tertiary/aromatic N) is 2. The standard InChI is InChI=1S/C18H25N3O/c1-13-9-19-11-16-17(13)15(12-21(16)2)18(22)20-10-14-7-5-3-4-6-8-14/h9,11-12,14H,3-8,10H2,1-2H3,(H,20,22). The lowest BCUT2D eigenvalue weighted by molar-refractivity contribution is 0.0947. The van der Waals surface area contributed by atoms with E-state index in [2.05, 4.69) is 10.3 Å². The number of nitrogens with one attached hydrogen (secondary N) is 1. The summed E-state index contributed by atoms with van der Waals surface area (Å²) in [7, 11) is 1.96. The Kier molecular flexibility index (Phi) is 4.46. The minimum atomic E-state index is 0.0455. The predicted octanol–water partition coefficient (Wildman–Crippen LogP) is 3.58. The fraction of sp³-hybridized carbons (Fsp3) is 0.556. The van der Waals surface area contributed by atoms with Crippen molar-refractivity contribution in [2.75, 3.05) is 6.54 Å². The highest BCUT2D eigenvalue weighted by Crippen LogP contribution is 2.24. The highest BCUT2D eigenvalue weighted by Gasteiger charge is 2.18. The van der Waals surface area contributed by atoms with Crippen molar-refractivity contribution < 1.29 is 4.79 Å². The number of amides is 1. The summed E-state index contributed by atoms with van der Waals surface area (Å²) in [6.45, 7) is 2.82. The Labute approximate surface area is 131 Å². The Morgan fingerprint density at radius 3 is 2.73 bits per heavy atom. The molecule has 0 bridgehead atoms. The summed E-state index contributed by atoms with van der Waals surface area (Å²) in [5.41, 5.74) is 2.84. The van der Waals surface area contributed by atoms with Gasteiger partial charge in [-0.05, 0) is 31.2 Å². The molecule has 0 aliphatic heterocycles. The van der Waals surface area contributed by atoms with E-state index in [9.17, 15) is 4.79 Å². The number of carbonyl (C=O) groups is 1. The molecule has 22 heavy (non-hydrogen) atoms. The molecule has 4 nitrogen and oxygen atoms in total. The van der Waals surface area contributed by atoms with Gasteiger partial charge in [-0.1, -0.05) is 25.7 Å². The maximum atomic E-state index is 12.6. The minimum Gasteiger partial charge on any atom is -0.352 e. The van der Waals surface area contributed by atoms with Crippen LogP contribution >= 0.6 is 0 Å². The Morgan fingerprint density at radius 2 is 2.00 bits per heavy atom. The first kappa shape index (κ1) is 15.1. The van der Waals surface area contributed by atoms with Crippen LogP contribution < -0.4 is 5.32 Å². The molecule has 0 radical (unpaired) electrons. The van der Waals surface area contributed by atoms with Gasteiger partial charge in [0.2, 0.25) is 0 Å². The lowest BCUT2D eigenvalue weighted by Crippen LogP contribution is -2.29. The molecule has 4 heteroatoms. The van der Waals surface area contributed by atoms with Crippen LogP contribution in [0, 0.1) is 12.8 Å². The zero-order valence-electron chi connectivity index (χ0n) is 13.6. The van der Waals surface area contributed by atoms with E-state index in [1.807, 2.05) is 37.1 Å². The molecule has 1 amide bonds. The number of hydrogen-bond donors (Lipinski definition) is 1. The van der Waals surface area contributed by atoms with Crippen molar-refractivity contribution in [3.63, 3.8) is 0 Å². The first-order chi connectivity index (χ1) is 10.7. The SMILES string of the molecule is Cc1cncc2c1c(C(=O)NCC1CCCCCC1)cn2C. The van der Waals surface area contributed by atoms with Crippen molar-refractivity contribution in [3.05, 3.63) is 29.7 Å². The number of aromatic nitrogens is 2. The first-order valence-electron chi connectivity index (χ1n) is 8.34.